The number of nitro benzene ring substituents is 1. The number of thiazole rings is 1. The topological polar surface area (TPSA) is 132 Å². The van der Waals surface area contributed by atoms with E-state index in [-0.39, 0.29) is 47.0 Å². The van der Waals surface area contributed by atoms with Crippen LogP contribution < -0.4 is 4.74 Å². The molecule has 2 N–H and O–H groups in total. The second kappa shape index (κ2) is 9.24. The van der Waals surface area contributed by atoms with Gasteiger partial charge in [0.1, 0.15) is 5.75 Å². The van der Waals surface area contributed by atoms with Crippen molar-refractivity contribution >= 4 is 53.1 Å². The lowest BCUT2D eigenvalue weighted by Crippen LogP contribution is -2.01. The van der Waals surface area contributed by atoms with Gasteiger partial charge in [0.15, 0.2) is 10.2 Å². The Labute approximate surface area is 168 Å². The maximum atomic E-state index is 11.6. The smallest absolute Gasteiger partial charge is 0.303 e. The third-order valence-electron chi connectivity index (χ3n) is 3.79. The van der Waals surface area contributed by atoms with Gasteiger partial charge in [0.25, 0.3) is 5.69 Å². The number of ether oxygens (including phenoxy) is 1. The first-order valence-corrected chi connectivity index (χ1v) is 9.15. The number of carboxylic acids is 1. The number of hydrogen-bond donors (Lipinski definition) is 2. The van der Waals surface area contributed by atoms with Crippen molar-refractivity contribution in [3.63, 3.8) is 0 Å². The van der Waals surface area contributed by atoms with Gasteiger partial charge in [-0.1, -0.05) is 0 Å². The molecule has 0 spiro atoms. The Kier molecular flexibility index (Phi) is 7.01. The van der Waals surface area contributed by atoms with Crippen LogP contribution in [-0.2, 0) is 16.1 Å². The van der Waals surface area contributed by atoms with Crippen molar-refractivity contribution in [1.82, 2.24) is 4.57 Å². The Balaban J connectivity index is 2.49. The lowest BCUT2D eigenvalue weighted by molar-refractivity contribution is -0.385. The highest BCUT2D eigenvalue weighted by Crippen LogP contribution is 2.34. The fraction of sp³-hybridized carbons (Fsp3) is 0.235. The lowest BCUT2D eigenvalue weighted by Gasteiger charge is -2.06. The number of methoxy groups -OCH3 is 1. The third kappa shape index (κ3) is 4.81. The van der Waals surface area contributed by atoms with Crippen LogP contribution in [0.5, 0.6) is 11.6 Å². The summed E-state index contributed by atoms with van der Waals surface area (Å²) in [5.41, 5.74) is -0.284. The third-order valence-corrected chi connectivity index (χ3v) is 5.18. The van der Waals surface area contributed by atoms with Gasteiger partial charge in [0.2, 0.25) is 5.88 Å². The number of hydrogen-bond acceptors (Lipinski definition) is 8. The minimum absolute atomic E-state index is 0.0326. The molecule has 0 unspecified atom stereocenters. The molecule has 0 radical (unpaired) electrons. The summed E-state index contributed by atoms with van der Waals surface area (Å²) in [6.45, 7) is 0.192. The molecule has 0 saturated carbocycles. The first-order valence-electron chi connectivity index (χ1n) is 7.92. The number of carbonyl (C=O) groups excluding carboxylic acids is 1. The van der Waals surface area contributed by atoms with Gasteiger partial charge in [-0.05, 0) is 36.8 Å². The number of nitro groups is 1. The lowest BCUT2D eigenvalue weighted by atomic mass is 10.0. The van der Waals surface area contributed by atoms with Crippen molar-refractivity contribution < 1.29 is 29.5 Å². The molecule has 1 aromatic heterocycles. The van der Waals surface area contributed by atoms with E-state index in [1.165, 1.54) is 36.0 Å². The predicted molar refractivity (Wildman–Crippen MR) is 105 cm³/mol. The second-order valence-corrected chi connectivity index (χ2v) is 7.24. The van der Waals surface area contributed by atoms with Gasteiger partial charge in [-0.3, -0.25) is 24.3 Å². The Morgan fingerprint density at radius 2 is 2.18 bits per heavy atom. The van der Waals surface area contributed by atoms with Crippen LogP contribution in [0.3, 0.4) is 0 Å². The van der Waals surface area contributed by atoms with Crippen LogP contribution >= 0.6 is 23.6 Å². The molecule has 2 rings (SSSR count). The number of allylic oxidation sites excluding steroid dienone is 1. The average molecular weight is 424 g/mol. The van der Waals surface area contributed by atoms with Crippen LogP contribution in [0.4, 0.5) is 5.69 Å². The number of aliphatic carboxylic acids is 1. The van der Waals surface area contributed by atoms with E-state index >= 15 is 0 Å². The number of aromatic nitrogens is 1. The summed E-state index contributed by atoms with van der Waals surface area (Å²) in [4.78, 5) is 33.2. The van der Waals surface area contributed by atoms with Crippen LogP contribution in [0.15, 0.2) is 18.2 Å². The minimum atomic E-state index is -0.963. The van der Waals surface area contributed by atoms with E-state index < -0.39 is 10.9 Å². The van der Waals surface area contributed by atoms with Crippen LogP contribution in [0.2, 0.25) is 0 Å². The number of carbonyl (C=O) groups is 2. The van der Waals surface area contributed by atoms with E-state index in [0.29, 0.717) is 16.0 Å². The highest BCUT2D eigenvalue weighted by Gasteiger charge is 2.20. The van der Waals surface area contributed by atoms with E-state index in [9.17, 15) is 24.8 Å². The molecule has 1 aromatic carbocycles. The van der Waals surface area contributed by atoms with Crippen LogP contribution in [0.25, 0.3) is 11.6 Å². The van der Waals surface area contributed by atoms with Crippen LogP contribution in [-0.4, -0.2) is 39.1 Å². The van der Waals surface area contributed by atoms with E-state index in [1.54, 1.807) is 0 Å². The Bertz CT molecular complexity index is 1010. The van der Waals surface area contributed by atoms with Gasteiger partial charge in [0, 0.05) is 24.6 Å². The summed E-state index contributed by atoms with van der Waals surface area (Å²) in [5.74, 6) is -0.864. The van der Waals surface area contributed by atoms with Crippen LogP contribution in [0.1, 0.15) is 23.3 Å². The molecular formula is C17H16N2O7S2. The molecule has 0 bridgehead atoms. The molecule has 11 heteroatoms. The minimum Gasteiger partial charge on any atom is -0.497 e. The Morgan fingerprint density at radius 1 is 1.46 bits per heavy atom. The molecule has 0 aliphatic rings. The van der Waals surface area contributed by atoms with Crippen molar-refractivity contribution in [3.8, 4) is 11.6 Å². The summed E-state index contributed by atoms with van der Waals surface area (Å²) < 4.78 is 6.71. The SMILES string of the molecule is COc1ccc([N+](=O)[O-])c(C(C=O)=Cc2sc(=S)n(CCCC(=O)O)c2O)c1. The standard InChI is InChI=1S/C17H16N2O7S2/c1-26-11-4-5-13(19(24)25)12(8-11)10(9-20)7-14-16(23)18(17(27)28-14)6-2-3-15(21)22/h4-5,7-9,23H,2-3,6H2,1H3,(H,21,22). The fourth-order valence-corrected chi connectivity index (χ4v) is 3.75. The fourth-order valence-electron chi connectivity index (χ4n) is 2.44. The molecular weight excluding hydrogens is 408 g/mol. The molecule has 0 atom stereocenters. The number of aldehydes is 1. The van der Waals surface area contributed by atoms with Gasteiger partial charge >= 0.3 is 5.97 Å². The zero-order chi connectivity index (χ0) is 20.8. The highest BCUT2D eigenvalue weighted by molar-refractivity contribution is 7.73. The highest BCUT2D eigenvalue weighted by atomic mass is 32.1. The zero-order valence-electron chi connectivity index (χ0n) is 14.7. The summed E-state index contributed by atoms with van der Waals surface area (Å²) in [5, 5.41) is 30.4. The zero-order valence-corrected chi connectivity index (χ0v) is 16.3. The van der Waals surface area contributed by atoms with Crippen molar-refractivity contribution in [2.45, 2.75) is 19.4 Å². The van der Waals surface area contributed by atoms with Crippen molar-refractivity contribution in [1.29, 1.82) is 0 Å². The summed E-state index contributed by atoms with van der Waals surface area (Å²) in [6.07, 6.45) is 1.92. The van der Waals surface area contributed by atoms with Crippen molar-refractivity contribution in [2.75, 3.05) is 7.11 Å². The molecule has 0 aliphatic carbocycles. The number of carboxylic acid groups (broad SMARTS) is 1. The normalized spacial score (nSPS) is 11.2. The number of nitrogens with zero attached hydrogens (tertiary/aromatic N) is 2. The Morgan fingerprint density at radius 3 is 2.75 bits per heavy atom. The summed E-state index contributed by atoms with van der Waals surface area (Å²) in [6, 6.07) is 3.99. The molecule has 0 aliphatic heterocycles. The van der Waals surface area contributed by atoms with Gasteiger partial charge in [0.05, 0.1) is 22.5 Å². The molecule has 0 saturated heterocycles. The Hall–Kier alpha value is -3.05. The second-order valence-electron chi connectivity index (χ2n) is 5.56. The van der Waals surface area contributed by atoms with Gasteiger partial charge < -0.3 is 14.9 Å². The summed E-state index contributed by atoms with van der Waals surface area (Å²) >= 11 is 6.19. The van der Waals surface area contributed by atoms with Gasteiger partial charge in [-0.25, -0.2) is 0 Å². The van der Waals surface area contributed by atoms with E-state index in [4.69, 9.17) is 22.1 Å². The van der Waals surface area contributed by atoms with E-state index in [0.717, 1.165) is 11.3 Å². The first kappa shape index (κ1) is 21.3. The van der Waals surface area contributed by atoms with Gasteiger partial charge in [-0.2, -0.15) is 0 Å². The van der Waals surface area contributed by atoms with Crippen LogP contribution in [0, 0.1) is 14.1 Å². The molecule has 0 amide bonds. The molecule has 9 nitrogen and oxygen atoms in total. The van der Waals surface area contributed by atoms with Crippen molar-refractivity contribution in [2.24, 2.45) is 0 Å². The number of aromatic hydroxyl groups is 1. The molecule has 28 heavy (non-hydrogen) atoms. The average Bonchev–Trinajstić information content (AvgIpc) is 2.92. The maximum Gasteiger partial charge on any atom is 0.303 e. The number of rotatable bonds is 9. The van der Waals surface area contributed by atoms with Gasteiger partial charge in [-0.15, -0.1) is 11.3 Å². The quantitative estimate of drug-likeness (QED) is 0.205. The largest absolute Gasteiger partial charge is 0.497 e. The molecule has 0 fully saturated rings. The van der Waals surface area contributed by atoms with Crippen molar-refractivity contribution in [3.05, 3.63) is 42.7 Å². The summed E-state index contributed by atoms with van der Waals surface area (Å²) in [7, 11) is 1.39. The van der Waals surface area contributed by atoms with E-state index in [1.807, 2.05) is 0 Å². The first-order chi connectivity index (χ1) is 13.3. The molecule has 2 aromatic rings. The molecule has 1 heterocycles. The predicted octanol–water partition coefficient (Wildman–Crippen LogP) is 3.51. The maximum absolute atomic E-state index is 11.6. The number of benzene rings is 1. The molecule has 148 valence electrons. The monoisotopic (exact) mass is 424 g/mol. The van der Waals surface area contributed by atoms with E-state index in [2.05, 4.69) is 0 Å².